The van der Waals surface area contributed by atoms with Gasteiger partial charge in [0.1, 0.15) is 6.33 Å². The second-order valence-electron chi connectivity index (χ2n) is 3.78. The fourth-order valence-corrected chi connectivity index (χ4v) is 1.75. The molecule has 0 spiro atoms. The third kappa shape index (κ3) is 2.08. The summed E-state index contributed by atoms with van der Waals surface area (Å²) >= 11 is 0. The molecule has 1 saturated heterocycles. The monoisotopic (exact) mass is 208 g/mol. The highest BCUT2D eigenvalue weighted by Gasteiger charge is 2.29. The van der Waals surface area contributed by atoms with Gasteiger partial charge in [0.25, 0.3) is 0 Å². The Hall–Kier alpha value is -1.20. The van der Waals surface area contributed by atoms with Crippen LogP contribution in [0.5, 0.6) is 0 Å². The molecule has 2 heterocycles. The number of nitrogens with two attached hydrogens (primary N) is 1. The van der Waals surface area contributed by atoms with Crippen molar-refractivity contribution in [1.82, 2.24) is 9.97 Å². The summed E-state index contributed by atoms with van der Waals surface area (Å²) in [5, 5.41) is 0. The van der Waals surface area contributed by atoms with Gasteiger partial charge < -0.3 is 15.4 Å². The largest absolute Gasteiger partial charge is 0.377 e. The molecule has 1 aromatic rings. The Morgan fingerprint density at radius 3 is 2.67 bits per heavy atom. The zero-order valence-corrected chi connectivity index (χ0v) is 8.84. The number of anilines is 1. The van der Waals surface area contributed by atoms with Crippen LogP contribution in [-0.4, -0.2) is 41.8 Å². The second kappa shape index (κ2) is 4.55. The third-order valence-corrected chi connectivity index (χ3v) is 2.67. The molecule has 0 bridgehead atoms. The second-order valence-corrected chi connectivity index (χ2v) is 3.78. The molecule has 0 saturated carbocycles. The Kier molecular flexibility index (Phi) is 3.13. The molecule has 0 radical (unpaired) electrons. The van der Waals surface area contributed by atoms with Crippen molar-refractivity contribution in [3.8, 4) is 0 Å². The van der Waals surface area contributed by atoms with Gasteiger partial charge in [-0.15, -0.1) is 0 Å². The van der Waals surface area contributed by atoms with E-state index >= 15 is 0 Å². The minimum Gasteiger partial charge on any atom is -0.377 e. The fourth-order valence-electron chi connectivity index (χ4n) is 1.75. The third-order valence-electron chi connectivity index (χ3n) is 2.67. The maximum absolute atomic E-state index is 5.70. The molecule has 1 aliphatic heterocycles. The normalized spacial score (nSPS) is 18.3. The average molecular weight is 208 g/mol. The Balaban J connectivity index is 2.18. The van der Waals surface area contributed by atoms with Gasteiger partial charge in [-0.25, -0.2) is 9.97 Å². The van der Waals surface area contributed by atoms with E-state index in [4.69, 9.17) is 10.5 Å². The molecule has 82 valence electrons. The molecule has 0 aliphatic carbocycles. The van der Waals surface area contributed by atoms with E-state index in [0.717, 1.165) is 18.9 Å². The molecule has 5 nitrogen and oxygen atoms in total. The molecular weight excluding hydrogens is 192 g/mol. The molecule has 2 N–H and O–H groups in total. The van der Waals surface area contributed by atoms with Crippen LogP contribution in [-0.2, 0) is 4.74 Å². The minimum atomic E-state index is 0.282. The Bertz CT molecular complexity index is 297. The van der Waals surface area contributed by atoms with Crippen molar-refractivity contribution in [2.75, 3.05) is 24.7 Å². The van der Waals surface area contributed by atoms with Crippen molar-refractivity contribution in [3.05, 3.63) is 18.7 Å². The van der Waals surface area contributed by atoms with E-state index in [9.17, 15) is 0 Å². The van der Waals surface area contributed by atoms with Crippen LogP contribution in [0.25, 0.3) is 0 Å². The summed E-state index contributed by atoms with van der Waals surface area (Å²) in [5.74, 6) is 0. The first-order valence-electron chi connectivity index (χ1n) is 5.14. The summed E-state index contributed by atoms with van der Waals surface area (Å²) in [6.45, 7) is 4.25. The summed E-state index contributed by atoms with van der Waals surface area (Å²) in [7, 11) is 0. The lowest BCUT2D eigenvalue weighted by atomic mass is 10.1. The summed E-state index contributed by atoms with van der Waals surface area (Å²) in [6, 6.07) is 0.694. The lowest BCUT2D eigenvalue weighted by Gasteiger charge is -2.41. The van der Waals surface area contributed by atoms with Gasteiger partial charge in [-0.2, -0.15) is 0 Å². The molecule has 1 aromatic heterocycles. The lowest BCUT2D eigenvalue weighted by molar-refractivity contribution is 0.00546. The van der Waals surface area contributed by atoms with Crippen LogP contribution in [0.1, 0.15) is 6.92 Å². The van der Waals surface area contributed by atoms with Crippen molar-refractivity contribution in [3.63, 3.8) is 0 Å². The maximum Gasteiger partial charge on any atom is 0.115 e. The SMILES string of the molecule is CC(CN)N(c1cncnc1)C1COC1. The number of nitrogens with zero attached hydrogens (tertiary/aromatic N) is 3. The van der Waals surface area contributed by atoms with Gasteiger partial charge in [0.05, 0.1) is 37.3 Å². The van der Waals surface area contributed by atoms with Gasteiger partial charge in [0.2, 0.25) is 0 Å². The van der Waals surface area contributed by atoms with Crippen LogP contribution in [0.2, 0.25) is 0 Å². The number of aromatic nitrogens is 2. The molecule has 15 heavy (non-hydrogen) atoms. The summed E-state index contributed by atoms with van der Waals surface area (Å²) < 4.78 is 5.21. The van der Waals surface area contributed by atoms with Crippen LogP contribution in [0, 0.1) is 0 Å². The fraction of sp³-hybridized carbons (Fsp3) is 0.600. The van der Waals surface area contributed by atoms with E-state index in [1.54, 1.807) is 0 Å². The van der Waals surface area contributed by atoms with Gasteiger partial charge >= 0.3 is 0 Å². The summed E-state index contributed by atoms with van der Waals surface area (Å²) in [4.78, 5) is 10.3. The Morgan fingerprint density at radius 2 is 2.20 bits per heavy atom. The highest BCUT2D eigenvalue weighted by Crippen LogP contribution is 2.21. The number of ether oxygens (including phenoxy) is 1. The smallest absolute Gasteiger partial charge is 0.115 e. The zero-order valence-electron chi connectivity index (χ0n) is 8.84. The van der Waals surface area contributed by atoms with E-state index < -0.39 is 0 Å². The van der Waals surface area contributed by atoms with Gasteiger partial charge in [-0.1, -0.05) is 0 Å². The topological polar surface area (TPSA) is 64.3 Å². The van der Waals surface area contributed by atoms with Crippen LogP contribution < -0.4 is 10.6 Å². The predicted molar refractivity (Wildman–Crippen MR) is 57.6 cm³/mol. The standard InChI is InChI=1S/C10H16N4O/c1-8(2-11)14(10-5-15-6-10)9-3-12-7-13-4-9/h3-4,7-8,10H,2,5-6,11H2,1H3. The molecule has 5 heteroatoms. The van der Waals surface area contributed by atoms with E-state index in [0.29, 0.717) is 12.6 Å². The lowest BCUT2D eigenvalue weighted by Crippen LogP contribution is -2.54. The zero-order chi connectivity index (χ0) is 10.7. The number of rotatable bonds is 4. The summed E-state index contributed by atoms with van der Waals surface area (Å²) in [5.41, 5.74) is 6.72. The Labute approximate surface area is 89.3 Å². The predicted octanol–water partition coefficient (Wildman–Crippen LogP) is 0.0290. The molecular formula is C10H16N4O. The molecule has 1 atom stereocenters. The first-order chi connectivity index (χ1) is 7.33. The van der Waals surface area contributed by atoms with Gasteiger partial charge in [-0.05, 0) is 6.92 Å². The number of hydrogen-bond acceptors (Lipinski definition) is 5. The average Bonchev–Trinajstić information content (AvgIpc) is 2.23. The molecule has 1 fully saturated rings. The molecule has 1 unspecified atom stereocenters. The van der Waals surface area contributed by atoms with Crippen molar-refractivity contribution in [2.45, 2.75) is 19.0 Å². The molecule has 1 aliphatic rings. The van der Waals surface area contributed by atoms with Gasteiger partial charge in [-0.3, -0.25) is 0 Å². The summed E-state index contributed by atoms with van der Waals surface area (Å²) in [6.07, 6.45) is 5.17. The molecule has 2 rings (SSSR count). The van der Waals surface area contributed by atoms with Crippen molar-refractivity contribution in [2.24, 2.45) is 5.73 Å². The quantitative estimate of drug-likeness (QED) is 0.756. The first kappa shape index (κ1) is 10.3. The van der Waals surface area contributed by atoms with Crippen LogP contribution in [0.4, 0.5) is 5.69 Å². The molecule has 0 aromatic carbocycles. The van der Waals surface area contributed by atoms with Crippen LogP contribution >= 0.6 is 0 Å². The van der Waals surface area contributed by atoms with Gasteiger partial charge in [0, 0.05) is 12.6 Å². The number of hydrogen-bond donors (Lipinski definition) is 1. The van der Waals surface area contributed by atoms with E-state index in [1.165, 1.54) is 6.33 Å². The van der Waals surface area contributed by atoms with E-state index in [1.807, 2.05) is 12.4 Å². The van der Waals surface area contributed by atoms with E-state index in [-0.39, 0.29) is 6.04 Å². The highest BCUT2D eigenvalue weighted by atomic mass is 16.5. The first-order valence-corrected chi connectivity index (χ1v) is 5.14. The van der Waals surface area contributed by atoms with E-state index in [2.05, 4.69) is 21.8 Å². The van der Waals surface area contributed by atoms with Crippen molar-refractivity contribution in [1.29, 1.82) is 0 Å². The van der Waals surface area contributed by atoms with Crippen LogP contribution in [0.3, 0.4) is 0 Å². The van der Waals surface area contributed by atoms with Crippen LogP contribution in [0.15, 0.2) is 18.7 Å². The molecule has 0 amide bonds. The van der Waals surface area contributed by atoms with Crippen molar-refractivity contribution < 1.29 is 4.74 Å². The minimum absolute atomic E-state index is 0.282. The van der Waals surface area contributed by atoms with Gasteiger partial charge in [0.15, 0.2) is 0 Å². The maximum atomic E-state index is 5.70. The highest BCUT2D eigenvalue weighted by molar-refractivity contribution is 5.44. The van der Waals surface area contributed by atoms with Crippen molar-refractivity contribution >= 4 is 5.69 Å². The Morgan fingerprint density at radius 1 is 1.53 bits per heavy atom.